The molecule has 0 aliphatic heterocycles. The summed E-state index contributed by atoms with van der Waals surface area (Å²) in [6, 6.07) is 2.38. The maximum Gasteiger partial charge on any atom is 0.192 e. The van der Waals surface area contributed by atoms with E-state index >= 15 is 0 Å². The largest absolute Gasteiger partial charge is 0.359 e. The molecule has 1 aliphatic carbocycles. The molecule has 0 saturated carbocycles. The predicted molar refractivity (Wildman–Crippen MR) is 77.6 cm³/mol. The highest BCUT2D eigenvalue weighted by Gasteiger charge is 2.20. The van der Waals surface area contributed by atoms with E-state index in [1.165, 1.54) is 40.8 Å². The number of guanidine groups is 1. The van der Waals surface area contributed by atoms with Crippen LogP contribution in [0.15, 0.2) is 6.07 Å². The molecule has 98 valence electrons. The van der Waals surface area contributed by atoms with Crippen LogP contribution in [-0.2, 0) is 25.7 Å². The Bertz CT molecular complexity index is 463. The second-order valence-electron chi connectivity index (χ2n) is 4.84. The van der Waals surface area contributed by atoms with Gasteiger partial charge in [-0.15, -0.1) is 0 Å². The van der Waals surface area contributed by atoms with Crippen molar-refractivity contribution in [1.82, 2.24) is 5.32 Å². The lowest BCUT2D eigenvalue weighted by atomic mass is 9.94. The minimum absolute atomic E-state index is 0.382. The Kier molecular flexibility index (Phi) is 3.90. The number of aryl methyl sites for hydroxylation is 2. The number of anilines is 1. The van der Waals surface area contributed by atoms with Crippen LogP contribution < -0.4 is 10.6 Å². The minimum Gasteiger partial charge on any atom is -0.359 e. The van der Waals surface area contributed by atoms with Crippen molar-refractivity contribution in [2.75, 3.05) is 12.4 Å². The highest BCUT2D eigenvalue weighted by atomic mass is 15.1. The lowest BCUT2D eigenvalue weighted by Crippen LogP contribution is -2.27. The Balaban J connectivity index is 2.52. The Labute approximate surface area is 109 Å². The van der Waals surface area contributed by atoms with Gasteiger partial charge in [-0.2, -0.15) is 0 Å². The predicted octanol–water partition coefficient (Wildman–Crippen LogP) is 2.87. The molecule has 2 rings (SSSR count). The molecule has 1 aliphatic rings. The average Bonchev–Trinajstić information content (AvgIpc) is 2.85. The molecule has 1 aromatic carbocycles. The molecule has 3 N–H and O–H groups in total. The molecule has 0 unspecified atom stereocenters. The molecule has 0 bridgehead atoms. The van der Waals surface area contributed by atoms with Crippen LogP contribution in [0.25, 0.3) is 0 Å². The number of benzene rings is 1. The molecule has 0 heterocycles. The third-order valence-electron chi connectivity index (χ3n) is 3.83. The molecule has 0 spiro atoms. The van der Waals surface area contributed by atoms with Crippen molar-refractivity contribution in [2.45, 2.75) is 46.0 Å². The van der Waals surface area contributed by atoms with Crippen LogP contribution in [0.3, 0.4) is 0 Å². The summed E-state index contributed by atoms with van der Waals surface area (Å²) >= 11 is 0. The quantitative estimate of drug-likeness (QED) is 0.566. The van der Waals surface area contributed by atoms with E-state index < -0.39 is 0 Å². The Morgan fingerprint density at radius 2 is 2.06 bits per heavy atom. The topological polar surface area (TPSA) is 47.9 Å². The first-order chi connectivity index (χ1) is 8.71. The fourth-order valence-corrected chi connectivity index (χ4v) is 2.91. The van der Waals surface area contributed by atoms with E-state index in [4.69, 9.17) is 5.41 Å². The van der Waals surface area contributed by atoms with Crippen molar-refractivity contribution >= 4 is 11.6 Å². The van der Waals surface area contributed by atoms with Gasteiger partial charge in [-0.1, -0.05) is 19.9 Å². The lowest BCUT2D eigenvalue weighted by molar-refractivity contribution is 0.911. The minimum atomic E-state index is 0.382. The molecule has 0 aromatic heterocycles. The first-order valence-electron chi connectivity index (χ1n) is 6.91. The van der Waals surface area contributed by atoms with Gasteiger partial charge in [0.1, 0.15) is 0 Å². The summed E-state index contributed by atoms with van der Waals surface area (Å²) in [5.74, 6) is 0.382. The van der Waals surface area contributed by atoms with Crippen molar-refractivity contribution < 1.29 is 0 Å². The van der Waals surface area contributed by atoms with Gasteiger partial charge in [0.2, 0.25) is 0 Å². The van der Waals surface area contributed by atoms with E-state index in [2.05, 4.69) is 30.5 Å². The number of hydrogen-bond acceptors (Lipinski definition) is 1. The van der Waals surface area contributed by atoms with E-state index in [-0.39, 0.29) is 0 Å². The average molecular weight is 245 g/mol. The van der Waals surface area contributed by atoms with Gasteiger partial charge < -0.3 is 10.6 Å². The summed E-state index contributed by atoms with van der Waals surface area (Å²) in [5.41, 5.74) is 6.94. The van der Waals surface area contributed by atoms with Crippen LogP contribution in [0.2, 0.25) is 0 Å². The third kappa shape index (κ3) is 2.22. The molecule has 0 fully saturated rings. The van der Waals surface area contributed by atoms with Crippen molar-refractivity contribution in [3.05, 3.63) is 28.3 Å². The zero-order valence-electron chi connectivity index (χ0n) is 11.6. The summed E-state index contributed by atoms with van der Waals surface area (Å²) in [6.45, 7) is 4.41. The first-order valence-corrected chi connectivity index (χ1v) is 6.91. The zero-order chi connectivity index (χ0) is 13.1. The van der Waals surface area contributed by atoms with Gasteiger partial charge in [0, 0.05) is 12.7 Å². The maximum atomic E-state index is 7.81. The maximum absolute atomic E-state index is 7.81. The van der Waals surface area contributed by atoms with Gasteiger partial charge in [-0.25, -0.2) is 0 Å². The summed E-state index contributed by atoms with van der Waals surface area (Å²) < 4.78 is 0. The van der Waals surface area contributed by atoms with E-state index in [1.807, 2.05) is 0 Å². The molecule has 0 saturated heterocycles. The van der Waals surface area contributed by atoms with Gasteiger partial charge in [-0.3, -0.25) is 5.41 Å². The molecule has 18 heavy (non-hydrogen) atoms. The molecule has 1 aromatic rings. The highest BCUT2D eigenvalue weighted by Crippen LogP contribution is 2.35. The van der Waals surface area contributed by atoms with Gasteiger partial charge in [0.15, 0.2) is 5.96 Å². The second kappa shape index (κ2) is 5.42. The Morgan fingerprint density at radius 1 is 1.28 bits per heavy atom. The van der Waals surface area contributed by atoms with E-state index in [1.54, 1.807) is 7.05 Å². The van der Waals surface area contributed by atoms with Crippen molar-refractivity contribution in [2.24, 2.45) is 0 Å². The monoisotopic (exact) mass is 245 g/mol. The normalized spacial score (nSPS) is 13.3. The van der Waals surface area contributed by atoms with E-state index in [0.29, 0.717) is 5.96 Å². The lowest BCUT2D eigenvalue weighted by Gasteiger charge is -2.19. The number of rotatable bonds is 3. The van der Waals surface area contributed by atoms with E-state index in [9.17, 15) is 0 Å². The SMILES string of the molecule is CCc1cc2c(c(NC(=N)NC)c1CC)CCC2. The standard InChI is InChI=1S/C15H23N3/c1-4-10-9-11-7-6-8-13(11)14(12(10)5-2)18-15(16)17-3/h9H,4-8H2,1-3H3,(H3,16,17,18). The molecule has 0 amide bonds. The Morgan fingerprint density at radius 3 is 2.67 bits per heavy atom. The summed E-state index contributed by atoms with van der Waals surface area (Å²) in [4.78, 5) is 0. The molecule has 3 nitrogen and oxygen atoms in total. The number of fused-ring (bicyclic) bond motifs is 1. The third-order valence-corrected chi connectivity index (χ3v) is 3.83. The van der Waals surface area contributed by atoms with Gasteiger partial charge in [-0.05, 0) is 54.4 Å². The van der Waals surface area contributed by atoms with Crippen LogP contribution in [0, 0.1) is 5.41 Å². The molecule has 0 atom stereocenters. The Hall–Kier alpha value is -1.51. The van der Waals surface area contributed by atoms with Crippen LogP contribution in [0.5, 0.6) is 0 Å². The van der Waals surface area contributed by atoms with Gasteiger partial charge in [0.05, 0.1) is 0 Å². The number of nitrogens with one attached hydrogen (secondary N) is 3. The first kappa shape index (κ1) is 12.9. The second-order valence-corrected chi connectivity index (χ2v) is 4.84. The van der Waals surface area contributed by atoms with E-state index in [0.717, 1.165) is 19.3 Å². The van der Waals surface area contributed by atoms with Crippen molar-refractivity contribution in [3.63, 3.8) is 0 Å². The van der Waals surface area contributed by atoms with Crippen LogP contribution >= 0.6 is 0 Å². The molecular weight excluding hydrogens is 222 g/mol. The van der Waals surface area contributed by atoms with Crippen LogP contribution in [0.1, 0.15) is 42.5 Å². The molecule has 3 heteroatoms. The zero-order valence-corrected chi connectivity index (χ0v) is 11.6. The fourth-order valence-electron chi connectivity index (χ4n) is 2.91. The summed E-state index contributed by atoms with van der Waals surface area (Å²) in [5, 5.41) is 13.9. The van der Waals surface area contributed by atoms with Crippen LogP contribution in [0.4, 0.5) is 5.69 Å². The van der Waals surface area contributed by atoms with Gasteiger partial charge in [0.25, 0.3) is 0 Å². The van der Waals surface area contributed by atoms with Crippen molar-refractivity contribution in [1.29, 1.82) is 5.41 Å². The van der Waals surface area contributed by atoms with Crippen molar-refractivity contribution in [3.8, 4) is 0 Å². The van der Waals surface area contributed by atoms with Crippen LogP contribution in [-0.4, -0.2) is 13.0 Å². The smallest absolute Gasteiger partial charge is 0.192 e. The fraction of sp³-hybridized carbons (Fsp3) is 0.533. The molecular formula is C15H23N3. The summed E-state index contributed by atoms with van der Waals surface area (Å²) in [6.07, 6.45) is 5.67. The number of hydrogen-bond donors (Lipinski definition) is 3. The van der Waals surface area contributed by atoms with Gasteiger partial charge >= 0.3 is 0 Å². The molecule has 0 radical (unpaired) electrons. The highest BCUT2D eigenvalue weighted by molar-refractivity contribution is 5.93. The summed E-state index contributed by atoms with van der Waals surface area (Å²) in [7, 11) is 1.78.